The van der Waals surface area contributed by atoms with Gasteiger partial charge in [-0.05, 0) is 12.8 Å². The summed E-state index contributed by atoms with van der Waals surface area (Å²) in [7, 11) is 0. The van der Waals surface area contributed by atoms with E-state index in [1.807, 2.05) is 0 Å². The van der Waals surface area contributed by atoms with Gasteiger partial charge in [0.2, 0.25) is 5.91 Å². The highest BCUT2D eigenvalue weighted by Gasteiger charge is 2.38. The number of hydrogen-bond donors (Lipinski definition) is 2. The minimum atomic E-state index is -1.42. The molecule has 1 amide bonds. The first kappa shape index (κ1) is 14.4. The maximum absolute atomic E-state index is 13.4. The lowest BCUT2D eigenvalue weighted by atomic mass is 9.95. The minimum absolute atomic E-state index is 0.349. The van der Waals surface area contributed by atoms with Crippen molar-refractivity contribution in [1.82, 2.24) is 0 Å². The quantitative estimate of drug-likeness (QED) is 0.840. The second-order valence-corrected chi connectivity index (χ2v) is 4.72. The fourth-order valence-corrected chi connectivity index (χ4v) is 2.44. The predicted octanol–water partition coefficient (Wildman–Crippen LogP) is 2.54. The fraction of sp³-hybridized carbons (Fsp3) is 0.385. The molecule has 1 aromatic rings. The molecule has 1 aliphatic carbocycles. The molecule has 2 unspecified atom stereocenters. The van der Waals surface area contributed by atoms with Gasteiger partial charge in [-0.3, -0.25) is 9.59 Å². The number of nitrogens with one attached hydrogen (secondary N) is 1. The number of aliphatic carboxylic acids is 1. The van der Waals surface area contributed by atoms with Gasteiger partial charge in [-0.1, -0.05) is 6.42 Å². The molecule has 0 saturated heterocycles. The summed E-state index contributed by atoms with van der Waals surface area (Å²) >= 11 is 0. The highest BCUT2D eigenvalue weighted by Crippen LogP contribution is 2.33. The summed E-state index contributed by atoms with van der Waals surface area (Å²) in [4.78, 5) is 22.9. The summed E-state index contributed by atoms with van der Waals surface area (Å²) in [6, 6.07) is 1.02. The third-order valence-corrected chi connectivity index (χ3v) is 3.42. The lowest BCUT2D eigenvalue weighted by Crippen LogP contribution is -2.30. The van der Waals surface area contributed by atoms with E-state index in [1.54, 1.807) is 0 Å². The first-order valence-corrected chi connectivity index (χ1v) is 6.08. The van der Waals surface area contributed by atoms with Crippen LogP contribution < -0.4 is 5.32 Å². The Kier molecular flexibility index (Phi) is 3.96. The summed E-state index contributed by atoms with van der Waals surface area (Å²) in [5, 5.41) is 11.0. The van der Waals surface area contributed by atoms with Crippen LogP contribution in [0.2, 0.25) is 0 Å². The zero-order chi connectivity index (χ0) is 14.9. The van der Waals surface area contributed by atoms with Gasteiger partial charge in [-0.15, -0.1) is 0 Å². The zero-order valence-electron chi connectivity index (χ0n) is 10.3. The van der Waals surface area contributed by atoms with Crippen LogP contribution in [0, 0.1) is 29.3 Å². The van der Waals surface area contributed by atoms with E-state index < -0.39 is 46.9 Å². The van der Waals surface area contributed by atoms with Gasteiger partial charge < -0.3 is 10.4 Å². The lowest BCUT2D eigenvalue weighted by Gasteiger charge is -2.16. The molecule has 1 aromatic carbocycles. The zero-order valence-corrected chi connectivity index (χ0v) is 10.3. The van der Waals surface area contributed by atoms with E-state index in [2.05, 4.69) is 5.32 Å². The highest BCUT2D eigenvalue weighted by molar-refractivity contribution is 5.95. The van der Waals surface area contributed by atoms with Crippen molar-refractivity contribution in [2.24, 2.45) is 11.8 Å². The summed E-state index contributed by atoms with van der Waals surface area (Å²) < 4.78 is 39.4. The Bertz CT molecular complexity index is 562. The third kappa shape index (κ3) is 2.76. The molecular weight excluding hydrogens is 275 g/mol. The number of carbonyl (C=O) groups is 2. The monoisotopic (exact) mass is 287 g/mol. The molecule has 0 aliphatic heterocycles. The number of halogens is 3. The summed E-state index contributed by atoms with van der Waals surface area (Å²) in [6.07, 6.45) is 1.27. The smallest absolute Gasteiger partial charge is 0.307 e. The highest BCUT2D eigenvalue weighted by atomic mass is 19.2. The van der Waals surface area contributed by atoms with Gasteiger partial charge in [0, 0.05) is 12.1 Å². The topological polar surface area (TPSA) is 66.4 Å². The number of rotatable bonds is 3. The number of hydrogen-bond acceptors (Lipinski definition) is 2. The van der Waals surface area contributed by atoms with Crippen LogP contribution in [0.15, 0.2) is 12.1 Å². The molecule has 2 atom stereocenters. The molecule has 0 bridgehead atoms. The van der Waals surface area contributed by atoms with Gasteiger partial charge in [0.1, 0.15) is 5.82 Å². The molecule has 0 heterocycles. The molecule has 1 aliphatic rings. The van der Waals surface area contributed by atoms with Gasteiger partial charge in [0.05, 0.1) is 17.5 Å². The number of benzene rings is 1. The fourth-order valence-electron chi connectivity index (χ4n) is 2.44. The van der Waals surface area contributed by atoms with E-state index in [1.165, 1.54) is 0 Å². The molecule has 7 heteroatoms. The van der Waals surface area contributed by atoms with Gasteiger partial charge in [-0.2, -0.15) is 0 Å². The van der Waals surface area contributed by atoms with Crippen LogP contribution in [-0.4, -0.2) is 17.0 Å². The van der Waals surface area contributed by atoms with Crippen LogP contribution in [0.25, 0.3) is 0 Å². The first-order chi connectivity index (χ1) is 9.40. The first-order valence-electron chi connectivity index (χ1n) is 6.08. The standard InChI is InChI=1S/C13H12F3NO3/c14-6-4-9(15)11(16)10(5-6)17-12(18)7-2-1-3-8(7)13(19)20/h4-5,7-8H,1-3H2,(H,17,18)(H,19,20). The van der Waals surface area contributed by atoms with Crippen LogP contribution in [0.4, 0.5) is 18.9 Å². The SMILES string of the molecule is O=C(O)C1CCCC1C(=O)Nc1cc(F)cc(F)c1F. The normalized spacial score (nSPS) is 21.8. The van der Waals surface area contributed by atoms with Crippen LogP contribution in [0.1, 0.15) is 19.3 Å². The van der Waals surface area contributed by atoms with E-state index in [0.29, 0.717) is 31.4 Å². The molecular formula is C13H12F3NO3. The van der Waals surface area contributed by atoms with Gasteiger partial charge >= 0.3 is 5.97 Å². The van der Waals surface area contributed by atoms with Crippen LogP contribution in [0.5, 0.6) is 0 Å². The maximum atomic E-state index is 13.4. The Morgan fingerprint density at radius 1 is 1.15 bits per heavy atom. The molecule has 20 heavy (non-hydrogen) atoms. The van der Waals surface area contributed by atoms with Crippen molar-refractivity contribution < 1.29 is 27.9 Å². The number of carbonyl (C=O) groups excluding carboxylic acids is 1. The molecule has 0 aromatic heterocycles. The second-order valence-electron chi connectivity index (χ2n) is 4.72. The van der Waals surface area contributed by atoms with Gasteiger partial charge in [0.25, 0.3) is 0 Å². The summed E-state index contributed by atoms with van der Waals surface area (Å²) in [6.45, 7) is 0. The average molecular weight is 287 g/mol. The van der Waals surface area contributed by atoms with Crippen molar-refractivity contribution in [3.63, 3.8) is 0 Å². The lowest BCUT2D eigenvalue weighted by molar-refractivity contribution is -0.145. The Hall–Kier alpha value is -2.05. The van der Waals surface area contributed by atoms with Crippen molar-refractivity contribution in [1.29, 1.82) is 0 Å². The number of anilines is 1. The Morgan fingerprint density at radius 3 is 2.45 bits per heavy atom. The summed E-state index contributed by atoms with van der Waals surface area (Å²) in [5.41, 5.74) is -0.622. The van der Waals surface area contributed by atoms with Crippen molar-refractivity contribution in [2.45, 2.75) is 19.3 Å². The third-order valence-electron chi connectivity index (χ3n) is 3.42. The number of amides is 1. The van der Waals surface area contributed by atoms with Crippen molar-refractivity contribution in [2.75, 3.05) is 5.32 Å². The van der Waals surface area contributed by atoms with Crippen molar-refractivity contribution in [3.05, 3.63) is 29.6 Å². The van der Waals surface area contributed by atoms with Gasteiger partial charge in [0.15, 0.2) is 11.6 Å². The molecule has 1 fully saturated rings. The molecule has 0 radical (unpaired) electrons. The summed E-state index contributed by atoms with van der Waals surface area (Å²) in [5.74, 6) is -7.33. The van der Waals surface area contributed by atoms with Crippen LogP contribution in [0.3, 0.4) is 0 Å². The second kappa shape index (κ2) is 5.52. The molecule has 1 saturated carbocycles. The number of carboxylic acids is 1. The Balaban J connectivity index is 2.18. The molecule has 108 valence electrons. The predicted molar refractivity (Wildman–Crippen MR) is 63.4 cm³/mol. The van der Waals surface area contributed by atoms with Crippen LogP contribution >= 0.6 is 0 Å². The van der Waals surface area contributed by atoms with E-state index in [-0.39, 0.29) is 0 Å². The molecule has 2 N–H and O–H groups in total. The van der Waals surface area contributed by atoms with Gasteiger partial charge in [-0.25, -0.2) is 13.2 Å². The molecule has 0 spiro atoms. The van der Waals surface area contributed by atoms with Crippen molar-refractivity contribution >= 4 is 17.6 Å². The van der Waals surface area contributed by atoms with Crippen LogP contribution in [-0.2, 0) is 9.59 Å². The van der Waals surface area contributed by atoms with E-state index in [4.69, 9.17) is 5.11 Å². The minimum Gasteiger partial charge on any atom is -0.481 e. The largest absolute Gasteiger partial charge is 0.481 e. The van der Waals surface area contributed by atoms with E-state index in [0.717, 1.165) is 0 Å². The maximum Gasteiger partial charge on any atom is 0.307 e. The average Bonchev–Trinajstić information content (AvgIpc) is 2.84. The Morgan fingerprint density at radius 2 is 1.80 bits per heavy atom. The Labute approximate surface area is 112 Å². The van der Waals surface area contributed by atoms with Crippen molar-refractivity contribution in [3.8, 4) is 0 Å². The molecule has 2 rings (SSSR count). The number of carboxylic acid groups (broad SMARTS) is 1. The van der Waals surface area contributed by atoms with E-state index in [9.17, 15) is 22.8 Å². The molecule has 4 nitrogen and oxygen atoms in total. The van der Waals surface area contributed by atoms with E-state index >= 15 is 0 Å².